The van der Waals surface area contributed by atoms with Gasteiger partial charge in [0.05, 0.1) is 71.0 Å². The number of non-ortho nitro benzene ring substituents is 1. The van der Waals surface area contributed by atoms with Gasteiger partial charge in [0.2, 0.25) is 0 Å². The van der Waals surface area contributed by atoms with Crippen molar-refractivity contribution in [2.24, 2.45) is 0 Å². The monoisotopic (exact) mass is 643 g/mol. The van der Waals surface area contributed by atoms with Crippen LogP contribution >= 0.6 is 0 Å². The highest BCUT2D eigenvalue weighted by Gasteiger charge is 2.19. The van der Waals surface area contributed by atoms with Crippen molar-refractivity contribution in [3.05, 3.63) is 93.0 Å². The zero-order valence-corrected chi connectivity index (χ0v) is 26.6. The van der Waals surface area contributed by atoms with E-state index in [0.29, 0.717) is 102 Å². The van der Waals surface area contributed by atoms with Crippen LogP contribution in [0.2, 0.25) is 0 Å². The lowest BCUT2D eigenvalue weighted by Gasteiger charge is -2.15. The number of aromatic hydroxyl groups is 1. The zero-order chi connectivity index (χ0) is 32.8. The molecule has 46 heavy (non-hydrogen) atoms. The Kier molecular flexibility index (Phi) is 17.4. The van der Waals surface area contributed by atoms with Gasteiger partial charge in [0, 0.05) is 50.3 Å². The van der Waals surface area contributed by atoms with E-state index in [1.54, 1.807) is 14.2 Å². The number of benzene rings is 3. The molecule has 3 aromatic rings. The largest absolute Gasteiger partial charge is 0.507 e. The van der Waals surface area contributed by atoms with Crippen molar-refractivity contribution < 1.29 is 47.9 Å². The molecule has 0 aliphatic rings. The Morgan fingerprint density at radius 1 is 0.565 bits per heavy atom. The summed E-state index contributed by atoms with van der Waals surface area (Å²) in [6, 6.07) is 17.6. The maximum atomic E-state index is 11.9. The smallest absolute Gasteiger partial charge is 0.270 e. The summed E-state index contributed by atoms with van der Waals surface area (Å²) in [7, 11) is 3.24. The van der Waals surface area contributed by atoms with Crippen LogP contribution in [0, 0.1) is 10.1 Å². The molecule has 0 aliphatic carbocycles. The van der Waals surface area contributed by atoms with Crippen LogP contribution < -0.4 is 9.47 Å². The summed E-state index contributed by atoms with van der Waals surface area (Å²) < 4.78 is 43.7. The normalized spacial score (nSPS) is 11.1. The van der Waals surface area contributed by atoms with Crippen LogP contribution in [0.1, 0.15) is 22.3 Å². The average Bonchev–Trinajstić information content (AvgIpc) is 3.06. The number of para-hydroxylation sites is 2. The van der Waals surface area contributed by atoms with Gasteiger partial charge in [-0.15, -0.1) is 0 Å². The van der Waals surface area contributed by atoms with E-state index in [1.807, 2.05) is 48.5 Å². The molecule has 252 valence electrons. The van der Waals surface area contributed by atoms with Crippen LogP contribution in [0.15, 0.2) is 60.7 Å². The summed E-state index contributed by atoms with van der Waals surface area (Å²) in [6.07, 6.45) is 0.463. The first-order chi connectivity index (χ1) is 22.5. The second-order valence-corrected chi connectivity index (χ2v) is 10.1. The Hall–Kier alpha value is -3.78. The van der Waals surface area contributed by atoms with Gasteiger partial charge in [0.1, 0.15) is 30.5 Å². The number of methoxy groups -OCH3 is 2. The summed E-state index contributed by atoms with van der Waals surface area (Å²) in [6.45, 7) is 5.25. The summed E-state index contributed by atoms with van der Waals surface area (Å²) in [5.74, 6) is 1.21. The van der Waals surface area contributed by atoms with Crippen LogP contribution in [0.4, 0.5) is 5.69 Å². The molecule has 1 N–H and O–H groups in total. The first kappa shape index (κ1) is 36.7. The third kappa shape index (κ3) is 13.3. The molecule has 0 amide bonds. The number of hydrogen-bond acceptors (Lipinski definition) is 11. The van der Waals surface area contributed by atoms with Crippen molar-refractivity contribution in [3.63, 3.8) is 0 Å². The maximum Gasteiger partial charge on any atom is 0.270 e. The van der Waals surface area contributed by atoms with E-state index < -0.39 is 4.92 Å². The third-order valence-corrected chi connectivity index (χ3v) is 6.75. The van der Waals surface area contributed by atoms with Crippen LogP contribution in [0.5, 0.6) is 17.2 Å². The van der Waals surface area contributed by atoms with Gasteiger partial charge in [0.25, 0.3) is 5.69 Å². The van der Waals surface area contributed by atoms with Crippen molar-refractivity contribution in [2.75, 3.05) is 93.5 Å². The molecular weight excluding hydrogens is 598 g/mol. The Labute approximate surface area is 270 Å². The van der Waals surface area contributed by atoms with Crippen molar-refractivity contribution in [2.45, 2.75) is 12.8 Å². The molecule has 0 aromatic heterocycles. The Morgan fingerprint density at radius 3 is 1.33 bits per heavy atom. The highest BCUT2D eigenvalue weighted by molar-refractivity contribution is 5.54. The van der Waals surface area contributed by atoms with Crippen molar-refractivity contribution in [3.8, 4) is 17.2 Å². The van der Waals surface area contributed by atoms with E-state index in [9.17, 15) is 15.2 Å². The molecule has 3 aromatic carbocycles. The lowest BCUT2D eigenvalue weighted by atomic mass is 9.96. The third-order valence-electron chi connectivity index (χ3n) is 6.75. The van der Waals surface area contributed by atoms with Gasteiger partial charge >= 0.3 is 0 Å². The fourth-order valence-electron chi connectivity index (χ4n) is 4.46. The molecule has 12 nitrogen and oxygen atoms in total. The number of nitrogens with zero attached hydrogens (tertiary/aromatic N) is 1. The molecule has 0 spiro atoms. The van der Waals surface area contributed by atoms with Crippen LogP contribution in [-0.4, -0.2) is 104 Å². The fourth-order valence-corrected chi connectivity index (χ4v) is 4.46. The first-order valence-electron chi connectivity index (χ1n) is 15.2. The number of hydrogen-bond donors (Lipinski definition) is 1. The van der Waals surface area contributed by atoms with Crippen LogP contribution in [0.25, 0.3) is 0 Å². The number of nitro benzene ring substituents is 1. The highest BCUT2D eigenvalue weighted by atomic mass is 16.6. The maximum absolute atomic E-state index is 11.9. The first-order valence-corrected chi connectivity index (χ1v) is 15.2. The topological polar surface area (TPSA) is 137 Å². The Balaban J connectivity index is 1.62. The van der Waals surface area contributed by atoms with Gasteiger partial charge in [-0.3, -0.25) is 10.1 Å². The Morgan fingerprint density at radius 2 is 0.935 bits per heavy atom. The van der Waals surface area contributed by atoms with Gasteiger partial charge in [0.15, 0.2) is 0 Å². The predicted molar refractivity (Wildman–Crippen MR) is 171 cm³/mol. The number of phenols is 1. The lowest BCUT2D eigenvalue weighted by molar-refractivity contribution is -0.385. The summed E-state index contributed by atoms with van der Waals surface area (Å²) in [4.78, 5) is 11.4. The highest BCUT2D eigenvalue weighted by Crippen LogP contribution is 2.35. The molecular formula is C34H45NO11. The minimum atomic E-state index is -0.454. The van der Waals surface area contributed by atoms with E-state index in [0.717, 1.165) is 11.1 Å². The van der Waals surface area contributed by atoms with E-state index >= 15 is 0 Å². The number of ether oxygens (including phenoxy) is 8. The second kappa shape index (κ2) is 21.9. The van der Waals surface area contributed by atoms with E-state index in [4.69, 9.17) is 37.9 Å². The van der Waals surface area contributed by atoms with E-state index in [1.165, 1.54) is 12.1 Å². The summed E-state index contributed by atoms with van der Waals surface area (Å²) >= 11 is 0. The van der Waals surface area contributed by atoms with Crippen molar-refractivity contribution >= 4 is 5.69 Å². The number of nitro groups is 1. The number of rotatable bonds is 25. The summed E-state index contributed by atoms with van der Waals surface area (Å²) in [5.41, 5.74) is 2.29. The quantitative estimate of drug-likeness (QED) is 0.0788. The van der Waals surface area contributed by atoms with Gasteiger partial charge in [-0.1, -0.05) is 36.4 Å². The van der Waals surface area contributed by atoms with Gasteiger partial charge in [-0.25, -0.2) is 0 Å². The molecule has 0 atom stereocenters. The molecule has 12 heteroatoms. The Bertz CT molecular complexity index is 1220. The molecule has 0 saturated carbocycles. The molecule has 0 bridgehead atoms. The average molecular weight is 644 g/mol. The molecule has 0 saturated heterocycles. The van der Waals surface area contributed by atoms with Gasteiger partial charge < -0.3 is 43.0 Å². The van der Waals surface area contributed by atoms with Crippen LogP contribution in [0.3, 0.4) is 0 Å². The molecule has 0 radical (unpaired) electrons. The standard InChI is InChI=1S/C34H45NO11/c1-39-11-13-41-15-17-43-19-21-45-32-9-5-3-7-27(32)23-29-25-31(35(37)38)26-30(34(29)36)24-28-8-4-6-10-33(28)46-22-20-44-18-16-42-14-12-40-2/h3-10,25-26,36H,11-24H2,1-2H3. The lowest BCUT2D eigenvalue weighted by Crippen LogP contribution is -2.13. The van der Waals surface area contributed by atoms with Crippen LogP contribution in [-0.2, 0) is 41.3 Å². The number of phenolic OH excluding ortho intramolecular Hbond substituents is 1. The second-order valence-electron chi connectivity index (χ2n) is 10.1. The summed E-state index contributed by atoms with van der Waals surface area (Å²) in [5, 5.41) is 23.2. The van der Waals surface area contributed by atoms with Gasteiger partial charge in [-0.05, 0) is 23.3 Å². The van der Waals surface area contributed by atoms with Gasteiger partial charge in [-0.2, -0.15) is 0 Å². The van der Waals surface area contributed by atoms with Crippen molar-refractivity contribution in [1.82, 2.24) is 0 Å². The molecule has 3 rings (SSSR count). The predicted octanol–water partition coefficient (Wildman–Crippen LogP) is 4.60. The van der Waals surface area contributed by atoms with Crippen molar-refractivity contribution in [1.29, 1.82) is 0 Å². The molecule has 0 fully saturated rings. The minimum Gasteiger partial charge on any atom is -0.507 e. The molecule has 0 heterocycles. The SMILES string of the molecule is COCCOCCOCCOc1ccccc1Cc1cc([N+](=O)[O-])cc(Cc2ccccc2OCCOCCOCCOC)c1O. The fraction of sp³-hybridized carbons (Fsp3) is 0.471. The molecule has 0 aliphatic heterocycles. The van der Waals surface area contributed by atoms with E-state index in [2.05, 4.69) is 0 Å². The molecule has 0 unspecified atom stereocenters. The van der Waals surface area contributed by atoms with E-state index in [-0.39, 0.29) is 24.3 Å². The minimum absolute atomic E-state index is 0.0104. The zero-order valence-electron chi connectivity index (χ0n) is 26.6.